The molecule has 0 radical (unpaired) electrons. The number of hydrogen-bond donors (Lipinski definition) is 1. The molecule has 2 aliphatic rings. The van der Waals surface area contributed by atoms with Gasteiger partial charge >= 0.3 is 0 Å². The van der Waals surface area contributed by atoms with Crippen LogP contribution in [0.2, 0.25) is 5.02 Å². The highest BCUT2D eigenvalue weighted by Gasteiger charge is 2.39. The highest BCUT2D eigenvalue weighted by atomic mass is 35.5. The summed E-state index contributed by atoms with van der Waals surface area (Å²) < 4.78 is 1.71. The summed E-state index contributed by atoms with van der Waals surface area (Å²) in [7, 11) is 0. The number of carbonyl (C=O) groups is 1. The predicted molar refractivity (Wildman–Crippen MR) is 103 cm³/mol. The Kier molecular flexibility index (Phi) is 5.55. The lowest BCUT2D eigenvalue weighted by atomic mass is 10.0. The van der Waals surface area contributed by atoms with Gasteiger partial charge in [-0.05, 0) is 24.0 Å². The van der Waals surface area contributed by atoms with Gasteiger partial charge in [-0.25, -0.2) is 9.67 Å². The largest absolute Gasteiger partial charge is 0.335 e. The number of carbonyl (C=O) groups excluding carboxylic acids is 1. The van der Waals surface area contributed by atoms with Crippen molar-refractivity contribution in [2.75, 3.05) is 26.2 Å². The summed E-state index contributed by atoms with van der Waals surface area (Å²) in [5, 5.41) is 8.50. The number of hydrogen-bond acceptors (Lipinski definition) is 4. The summed E-state index contributed by atoms with van der Waals surface area (Å²) in [6, 6.07) is 7.49. The van der Waals surface area contributed by atoms with Crippen molar-refractivity contribution in [2.45, 2.75) is 19.8 Å². The highest BCUT2D eigenvalue weighted by Crippen LogP contribution is 2.28. The van der Waals surface area contributed by atoms with Gasteiger partial charge in [0, 0.05) is 32.1 Å². The van der Waals surface area contributed by atoms with E-state index in [9.17, 15) is 4.79 Å². The van der Waals surface area contributed by atoms with E-state index in [4.69, 9.17) is 11.6 Å². The van der Waals surface area contributed by atoms with Crippen molar-refractivity contribution in [2.24, 2.45) is 11.8 Å². The van der Waals surface area contributed by atoms with Crippen LogP contribution in [0.4, 0.5) is 0 Å². The van der Waals surface area contributed by atoms with Crippen LogP contribution in [-0.4, -0.2) is 51.8 Å². The first-order valence-electron chi connectivity index (χ1n) is 8.76. The molecule has 1 N–H and O–H groups in total. The lowest BCUT2D eigenvalue weighted by molar-refractivity contribution is 0.0769. The molecule has 0 saturated carbocycles. The molecule has 0 unspecified atom stereocenters. The first-order valence-corrected chi connectivity index (χ1v) is 9.14. The SMILES string of the molecule is CC(C)c1nc(C(=O)N2C[C@H]3CNC[C@H]3C2)nn1-c1ccccc1Cl.Cl. The van der Waals surface area contributed by atoms with Crippen LogP contribution in [-0.2, 0) is 0 Å². The third-order valence-electron chi connectivity index (χ3n) is 5.10. The number of likely N-dealkylation sites (tertiary alicyclic amines) is 1. The van der Waals surface area contributed by atoms with E-state index in [0.717, 1.165) is 37.7 Å². The second kappa shape index (κ2) is 7.55. The van der Waals surface area contributed by atoms with Crippen molar-refractivity contribution < 1.29 is 4.79 Å². The van der Waals surface area contributed by atoms with Gasteiger partial charge in [0.15, 0.2) is 0 Å². The molecule has 0 bridgehead atoms. The summed E-state index contributed by atoms with van der Waals surface area (Å²) in [4.78, 5) is 19.4. The summed E-state index contributed by atoms with van der Waals surface area (Å²) in [6.45, 7) is 7.64. The van der Waals surface area contributed by atoms with Gasteiger partial charge in [0.2, 0.25) is 5.82 Å². The molecule has 0 aliphatic carbocycles. The average Bonchev–Trinajstić information content (AvgIpc) is 3.28. The van der Waals surface area contributed by atoms with Crippen LogP contribution in [0.5, 0.6) is 0 Å². The zero-order valence-corrected chi connectivity index (χ0v) is 16.4. The number of aromatic nitrogens is 3. The fraction of sp³-hybridized carbons (Fsp3) is 0.500. The molecule has 26 heavy (non-hydrogen) atoms. The summed E-state index contributed by atoms with van der Waals surface area (Å²) in [5.41, 5.74) is 0.752. The predicted octanol–water partition coefficient (Wildman–Crippen LogP) is 2.76. The molecule has 1 aromatic heterocycles. The maximum absolute atomic E-state index is 12.9. The molecule has 2 saturated heterocycles. The number of nitrogens with one attached hydrogen (secondary N) is 1. The van der Waals surface area contributed by atoms with Crippen molar-refractivity contribution in [3.05, 3.63) is 40.9 Å². The standard InChI is InChI=1S/C18H22ClN5O.ClH/c1-11(2)17-21-16(22-24(17)15-6-4-3-5-14(15)19)18(25)23-9-12-7-20-8-13(12)10-23;/h3-6,11-13,20H,7-10H2,1-2H3;1H/t12-,13+;. The number of fused-ring (bicyclic) bond motifs is 1. The van der Waals surface area contributed by atoms with Gasteiger partial charge < -0.3 is 10.2 Å². The number of rotatable bonds is 3. The molecule has 140 valence electrons. The van der Waals surface area contributed by atoms with Crippen molar-refractivity contribution >= 4 is 29.9 Å². The Morgan fingerprint density at radius 2 is 1.88 bits per heavy atom. The monoisotopic (exact) mass is 395 g/mol. The summed E-state index contributed by atoms with van der Waals surface area (Å²) >= 11 is 6.33. The van der Waals surface area contributed by atoms with E-state index in [1.165, 1.54) is 0 Å². The Balaban J connectivity index is 0.00000196. The topological polar surface area (TPSA) is 63.1 Å². The van der Waals surface area contributed by atoms with Crippen LogP contribution in [0, 0.1) is 11.8 Å². The molecule has 3 heterocycles. The lowest BCUT2D eigenvalue weighted by Gasteiger charge is -2.15. The highest BCUT2D eigenvalue weighted by molar-refractivity contribution is 6.32. The number of amides is 1. The number of benzene rings is 1. The summed E-state index contributed by atoms with van der Waals surface area (Å²) in [6.07, 6.45) is 0. The van der Waals surface area contributed by atoms with Crippen molar-refractivity contribution in [3.63, 3.8) is 0 Å². The van der Waals surface area contributed by atoms with Gasteiger partial charge in [-0.3, -0.25) is 4.79 Å². The Labute approximate surface area is 164 Å². The van der Waals surface area contributed by atoms with Crippen molar-refractivity contribution in [1.29, 1.82) is 0 Å². The molecule has 1 amide bonds. The van der Waals surface area contributed by atoms with Crippen LogP contribution in [0.3, 0.4) is 0 Å². The first kappa shape index (κ1) is 19.1. The molecule has 8 heteroatoms. The first-order chi connectivity index (χ1) is 12.0. The fourth-order valence-electron chi connectivity index (χ4n) is 3.75. The van der Waals surface area contributed by atoms with Crippen LogP contribution >= 0.6 is 24.0 Å². The number of halogens is 2. The number of nitrogens with zero attached hydrogens (tertiary/aromatic N) is 4. The minimum atomic E-state index is -0.0814. The summed E-state index contributed by atoms with van der Waals surface area (Å²) in [5.74, 6) is 2.17. The maximum atomic E-state index is 12.9. The van der Waals surface area contributed by atoms with Gasteiger partial charge in [0.25, 0.3) is 5.91 Å². The zero-order chi connectivity index (χ0) is 17.6. The van der Waals surface area contributed by atoms with Crippen LogP contribution < -0.4 is 5.32 Å². The second-order valence-electron chi connectivity index (χ2n) is 7.20. The Morgan fingerprint density at radius 1 is 1.23 bits per heavy atom. The Hall–Kier alpha value is -1.63. The third kappa shape index (κ3) is 3.33. The van der Waals surface area contributed by atoms with E-state index >= 15 is 0 Å². The lowest BCUT2D eigenvalue weighted by Crippen LogP contribution is -2.32. The van der Waals surface area contributed by atoms with Gasteiger partial charge in [0.05, 0.1) is 10.7 Å². The van der Waals surface area contributed by atoms with Gasteiger partial charge in [0.1, 0.15) is 5.82 Å². The Morgan fingerprint density at radius 3 is 2.50 bits per heavy atom. The van der Waals surface area contributed by atoms with E-state index in [-0.39, 0.29) is 30.1 Å². The quantitative estimate of drug-likeness (QED) is 0.867. The van der Waals surface area contributed by atoms with Crippen molar-refractivity contribution in [1.82, 2.24) is 25.0 Å². The van der Waals surface area contributed by atoms with Crippen LogP contribution in [0.25, 0.3) is 5.69 Å². The van der Waals surface area contributed by atoms with E-state index in [0.29, 0.717) is 16.9 Å². The van der Waals surface area contributed by atoms with Gasteiger partial charge in [-0.2, -0.15) is 0 Å². The molecular formula is C18H23Cl2N5O. The van der Waals surface area contributed by atoms with E-state index in [2.05, 4.69) is 15.4 Å². The van der Waals surface area contributed by atoms with Gasteiger partial charge in [-0.15, -0.1) is 17.5 Å². The molecular weight excluding hydrogens is 373 g/mol. The second-order valence-corrected chi connectivity index (χ2v) is 7.61. The average molecular weight is 396 g/mol. The molecule has 1 aromatic carbocycles. The molecule has 2 fully saturated rings. The minimum absolute atomic E-state index is 0. The zero-order valence-electron chi connectivity index (χ0n) is 14.9. The Bertz CT molecular complexity index is 795. The van der Waals surface area contributed by atoms with Crippen LogP contribution in [0.15, 0.2) is 24.3 Å². The molecule has 6 nitrogen and oxygen atoms in total. The fourth-order valence-corrected chi connectivity index (χ4v) is 3.97. The minimum Gasteiger partial charge on any atom is -0.335 e. The van der Waals surface area contributed by atoms with Crippen molar-refractivity contribution in [3.8, 4) is 5.69 Å². The third-order valence-corrected chi connectivity index (χ3v) is 5.42. The van der Waals surface area contributed by atoms with E-state index in [1.807, 2.05) is 43.0 Å². The van der Waals surface area contributed by atoms with Crippen LogP contribution in [0.1, 0.15) is 36.2 Å². The molecule has 2 aromatic rings. The number of para-hydroxylation sites is 1. The maximum Gasteiger partial charge on any atom is 0.293 e. The van der Waals surface area contributed by atoms with E-state index in [1.54, 1.807) is 4.68 Å². The molecule has 4 rings (SSSR count). The molecule has 2 atom stereocenters. The van der Waals surface area contributed by atoms with E-state index < -0.39 is 0 Å². The molecule has 0 spiro atoms. The smallest absolute Gasteiger partial charge is 0.293 e. The van der Waals surface area contributed by atoms with Gasteiger partial charge in [-0.1, -0.05) is 37.6 Å². The molecule has 2 aliphatic heterocycles. The normalized spacial score (nSPS) is 21.8.